The quantitative estimate of drug-likeness (QED) is 0.789. The molecule has 5 heteroatoms. The van der Waals surface area contributed by atoms with Crippen molar-refractivity contribution in [2.24, 2.45) is 0 Å². The molecular formula is C14H12BrN3O. The molecule has 1 atom stereocenters. The van der Waals surface area contributed by atoms with E-state index in [1.165, 1.54) is 0 Å². The summed E-state index contributed by atoms with van der Waals surface area (Å²) in [5, 5.41) is 19.7. The van der Waals surface area contributed by atoms with E-state index in [9.17, 15) is 5.11 Å². The van der Waals surface area contributed by atoms with Crippen molar-refractivity contribution >= 4 is 26.7 Å². The molecule has 2 aromatic carbocycles. The van der Waals surface area contributed by atoms with Gasteiger partial charge in [0.05, 0.1) is 18.0 Å². The van der Waals surface area contributed by atoms with Crippen molar-refractivity contribution < 1.29 is 5.11 Å². The number of aliphatic hydroxyl groups is 1. The van der Waals surface area contributed by atoms with Gasteiger partial charge in [0.15, 0.2) is 0 Å². The summed E-state index contributed by atoms with van der Waals surface area (Å²) in [5.74, 6) is 0. The fourth-order valence-corrected chi connectivity index (χ4v) is 2.32. The molecule has 0 aliphatic rings. The molecule has 4 nitrogen and oxygen atoms in total. The monoisotopic (exact) mass is 317 g/mol. The Balaban J connectivity index is 2.07. The lowest BCUT2D eigenvalue weighted by atomic mass is 10.1. The average molecular weight is 318 g/mol. The van der Waals surface area contributed by atoms with E-state index in [1.807, 2.05) is 24.3 Å². The Labute approximate surface area is 118 Å². The van der Waals surface area contributed by atoms with Crippen LogP contribution in [0, 0.1) is 0 Å². The molecule has 19 heavy (non-hydrogen) atoms. The molecule has 1 aromatic heterocycles. The van der Waals surface area contributed by atoms with E-state index in [1.54, 1.807) is 17.8 Å². The Bertz CT molecular complexity index is 736. The van der Waals surface area contributed by atoms with Gasteiger partial charge in [-0.05, 0) is 42.0 Å². The van der Waals surface area contributed by atoms with Crippen molar-refractivity contribution in [2.75, 3.05) is 0 Å². The summed E-state index contributed by atoms with van der Waals surface area (Å²) in [4.78, 5) is 0. The SMILES string of the molecule is CC(O)c1cn(-c2ccc3cc(Br)ccc3c2)nn1. The number of benzene rings is 2. The Hall–Kier alpha value is -1.72. The maximum atomic E-state index is 9.47. The molecule has 0 amide bonds. The number of nitrogens with zero attached hydrogens (tertiary/aromatic N) is 3. The molecule has 0 fully saturated rings. The topological polar surface area (TPSA) is 50.9 Å². The van der Waals surface area contributed by atoms with Crippen LogP contribution in [0.2, 0.25) is 0 Å². The smallest absolute Gasteiger partial charge is 0.111 e. The van der Waals surface area contributed by atoms with Crippen LogP contribution >= 0.6 is 15.9 Å². The van der Waals surface area contributed by atoms with Gasteiger partial charge in [-0.15, -0.1) is 5.10 Å². The molecule has 0 saturated heterocycles. The lowest BCUT2D eigenvalue weighted by Gasteiger charge is -2.03. The molecule has 0 saturated carbocycles. The fraction of sp³-hybridized carbons (Fsp3) is 0.143. The summed E-state index contributed by atoms with van der Waals surface area (Å²) in [6.07, 6.45) is 1.13. The van der Waals surface area contributed by atoms with Crippen molar-refractivity contribution in [3.05, 3.63) is 52.8 Å². The maximum absolute atomic E-state index is 9.47. The average Bonchev–Trinajstić information content (AvgIpc) is 2.88. The molecule has 3 rings (SSSR count). The van der Waals surface area contributed by atoms with E-state index in [0.717, 1.165) is 20.9 Å². The number of halogens is 1. The number of rotatable bonds is 2. The highest BCUT2D eigenvalue weighted by Gasteiger charge is 2.07. The molecule has 0 aliphatic heterocycles. The minimum Gasteiger partial charge on any atom is -0.387 e. The molecule has 1 unspecified atom stereocenters. The predicted molar refractivity (Wildman–Crippen MR) is 77.2 cm³/mol. The first-order chi connectivity index (χ1) is 9.13. The second-order valence-corrected chi connectivity index (χ2v) is 5.36. The maximum Gasteiger partial charge on any atom is 0.111 e. The Morgan fingerprint density at radius 1 is 1.16 bits per heavy atom. The minimum absolute atomic E-state index is 0.566. The normalized spacial score (nSPS) is 12.8. The van der Waals surface area contributed by atoms with Crippen LogP contribution in [0.15, 0.2) is 47.1 Å². The van der Waals surface area contributed by atoms with Gasteiger partial charge in [0.25, 0.3) is 0 Å². The van der Waals surface area contributed by atoms with Gasteiger partial charge in [-0.2, -0.15) is 0 Å². The van der Waals surface area contributed by atoms with E-state index < -0.39 is 6.10 Å². The van der Waals surface area contributed by atoms with Gasteiger partial charge in [-0.1, -0.05) is 33.3 Å². The number of hydrogen-bond acceptors (Lipinski definition) is 3. The van der Waals surface area contributed by atoms with Crippen LogP contribution in [0.5, 0.6) is 0 Å². The third-order valence-electron chi connectivity index (χ3n) is 2.99. The van der Waals surface area contributed by atoms with Gasteiger partial charge >= 0.3 is 0 Å². The van der Waals surface area contributed by atoms with Crippen molar-refractivity contribution in [3.8, 4) is 5.69 Å². The standard InChI is InChI=1S/C14H12BrN3O/c1-9(19)14-8-18(17-16-14)13-5-3-10-6-12(15)4-2-11(10)7-13/h2-9,19H,1H3. The summed E-state index contributed by atoms with van der Waals surface area (Å²) in [6.45, 7) is 1.67. The lowest BCUT2D eigenvalue weighted by molar-refractivity contribution is 0.194. The Kier molecular flexibility index (Phi) is 3.08. The van der Waals surface area contributed by atoms with Crippen LogP contribution < -0.4 is 0 Å². The first-order valence-corrected chi connectivity index (χ1v) is 6.73. The van der Waals surface area contributed by atoms with E-state index in [4.69, 9.17) is 0 Å². The Morgan fingerprint density at radius 3 is 2.63 bits per heavy atom. The third-order valence-corrected chi connectivity index (χ3v) is 3.48. The van der Waals surface area contributed by atoms with Crippen LogP contribution in [0.4, 0.5) is 0 Å². The lowest BCUT2D eigenvalue weighted by Crippen LogP contribution is -1.94. The van der Waals surface area contributed by atoms with E-state index in [-0.39, 0.29) is 0 Å². The summed E-state index contributed by atoms with van der Waals surface area (Å²) in [5.41, 5.74) is 1.49. The molecule has 3 aromatic rings. The van der Waals surface area contributed by atoms with Crippen LogP contribution in [0.25, 0.3) is 16.5 Å². The number of aliphatic hydroxyl groups excluding tert-OH is 1. The molecule has 0 radical (unpaired) electrons. The van der Waals surface area contributed by atoms with Gasteiger partial charge in [-0.3, -0.25) is 0 Å². The second kappa shape index (κ2) is 4.75. The molecule has 96 valence electrons. The first-order valence-electron chi connectivity index (χ1n) is 5.93. The van der Waals surface area contributed by atoms with Crippen LogP contribution in [-0.4, -0.2) is 20.1 Å². The van der Waals surface area contributed by atoms with Crippen LogP contribution in [0.1, 0.15) is 18.7 Å². The summed E-state index contributed by atoms with van der Waals surface area (Å²) < 4.78 is 2.73. The first kappa shape index (κ1) is 12.3. The zero-order chi connectivity index (χ0) is 13.4. The van der Waals surface area contributed by atoms with Gasteiger partial charge in [0.1, 0.15) is 5.69 Å². The fourth-order valence-electron chi connectivity index (χ4n) is 1.94. The zero-order valence-corrected chi connectivity index (χ0v) is 11.9. The molecule has 1 heterocycles. The van der Waals surface area contributed by atoms with Gasteiger partial charge in [0, 0.05) is 4.47 Å². The highest BCUT2D eigenvalue weighted by molar-refractivity contribution is 9.10. The van der Waals surface area contributed by atoms with Crippen molar-refractivity contribution in [2.45, 2.75) is 13.0 Å². The molecule has 0 aliphatic carbocycles. The molecule has 1 N–H and O–H groups in total. The van der Waals surface area contributed by atoms with Crippen molar-refractivity contribution in [1.29, 1.82) is 0 Å². The molecule has 0 bridgehead atoms. The van der Waals surface area contributed by atoms with Crippen LogP contribution in [-0.2, 0) is 0 Å². The van der Waals surface area contributed by atoms with Gasteiger partial charge in [0.2, 0.25) is 0 Å². The highest BCUT2D eigenvalue weighted by Crippen LogP contribution is 2.22. The predicted octanol–water partition coefficient (Wildman–Crippen LogP) is 3.24. The van der Waals surface area contributed by atoms with Crippen LogP contribution in [0.3, 0.4) is 0 Å². The minimum atomic E-state index is -0.606. The third kappa shape index (κ3) is 2.39. The Morgan fingerprint density at radius 2 is 1.89 bits per heavy atom. The van der Waals surface area contributed by atoms with E-state index >= 15 is 0 Å². The summed E-state index contributed by atoms with van der Waals surface area (Å²) in [6, 6.07) is 12.2. The van der Waals surface area contributed by atoms with Crippen molar-refractivity contribution in [1.82, 2.24) is 15.0 Å². The molecular weight excluding hydrogens is 306 g/mol. The van der Waals surface area contributed by atoms with Gasteiger partial charge < -0.3 is 5.11 Å². The van der Waals surface area contributed by atoms with Gasteiger partial charge in [-0.25, -0.2) is 4.68 Å². The largest absolute Gasteiger partial charge is 0.387 e. The number of fused-ring (bicyclic) bond motifs is 1. The second-order valence-electron chi connectivity index (χ2n) is 4.44. The zero-order valence-electron chi connectivity index (χ0n) is 10.3. The highest BCUT2D eigenvalue weighted by atomic mass is 79.9. The molecule has 0 spiro atoms. The van der Waals surface area contributed by atoms with E-state index in [2.05, 4.69) is 38.4 Å². The van der Waals surface area contributed by atoms with Crippen molar-refractivity contribution in [3.63, 3.8) is 0 Å². The number of hydrogen-bond donors (Lipinski definition) is 1. The number of aromatic nitrogens is 3. The summed E-state index contributed by atoms with van der Waals surface area (Å²) >= 11 is 3.46. The van der Waals surface area contributed by atoms with E-state index in [0.29, 0.717) is 5.69 Å². The summed E-state index contributed by atoms with van der Waals surface area (Å²) in [7, 11) is 0.